The molecule has 0 unspecified atom stereocenters. The summed E-state index contributed by atoms with van der Waals surface area (Å²) in [5.41, 5.74) is 1.04. The average Bonchev–Trinajstić information content (AvgIpc) is 2.65. The van der Waals surface area contributed by atoms with Crippen LogP contribution in [-0.2, 0) is 0 Å². The van der Waals surface area contributed by atoms with Crippen LogP contribution >= 0.6 is 11.3 Å². The smallest absolute Gasteiger partial charge is 0.389 e. The molecule has 4 heteroatoms. The first-order chi connectivity index (χ1) is 7.68. The second-order valence-electron chi connectivity index (χ2n) is 3.98. The molecule has 2 heterocycles. The Hall–Kier alpha value is -1.68. The van der Waals surface area contributed by atoms with Gasteiger partial charge in [-0.05, 0) is 12.1 Å². The summed E-state index contributed by atoms with van der Waals surface area (Å²) < 4.78 is 4.90. The number of aliphatic hydroxyl groups excluding tert-OH is 1. The molecule has 1 aromatic carbocycles. The molecule has 1 N–H and O–H groups in total. The summed E-state index contributed by atoms with van der Waals surface area (Å²) >= 11 is 1.60. The van der Waals surface area contributed by atoms with Gasteiger partial charge in [0.15, 0.2) is 0 Å². The van der Waals surface area contributed by atoms with Crippen LogP contribution in [0.25, 0.3) is 10.1 Å². The van der Waals surface area contributed by atoms with Crippen LogP contribution in [-0.4, -0.2) is 40.6 Å². The maximum absolute atomic E-state index is 10.0. The fourth-order valence-electron chi connectivity index (χ4n) is 2.06. The molecule has 1 aliphatic rings. The minimum Gasteiger partial charge on any atom is -0.459 e. The van der Waals surface area contributed by atoms with Crippen LogP contribution in [0, 0.1) is 0 Å². The molecule has 80 valence electrons. The predicted octanol–water partition coefficient (Wildman–Crippen LogP) is 2.16. The van der Waals surface area contributed by atoms with Crippen molar-refractivity contribution in [3.05, 3.63) is 29.1 Å². The molecule has 0 atom stereocenters. The van der Waals surface area contributed by atoms with Gasteiger partial charge in [0.1, 0.15) is 13.8 Å². The number of hydrogen-bond donors (Lipinski definition) is 1. The molecule has 1 aliphatic heterocycles. The number of fused-ring (bicyclic) bond motifs is 3. The van der Waals surface area contributed by atoms with Crippen LogP contribution in [0.4, 0.5) is 5.69 Å². The van der Waals surface area contributed by atoms with E-state index in [9.17, 15) is 5.11 Å². The van der Waals surface area contributed by atoms with Gasteiger partial charge in [-0.15, -0.1) is 20.5 Å². The van der Waals surface area contributed by atoms with Crippen LogP contribution in [0.3, 0.4) is 0 Å². The normalized spacial score (nSPS) is 15.7. The summed E-state index contributed by atoms with van der Waals surface area (Å²) in [5.74, 6) is 0.344. The second kappa shape index (κ2) is 3.15. The molecular formula is C12H12N2OS+2. The Morgan fingerprint density at radius 1 is 1.38 bits per heavy atom. The Balaban J connectivity index is 2.44. The molecule has 1 aromatic heterocycles. The number of hydrogen-bond acceptors (Lipinski definition) is 1. The van der Waals surface area contributed by atoms with E-state index in [-0.39, 0.29) is 0 Å². The summed E-state index contributed by atoms with van der Waals surface area (Å²) in [5, 5.41) is 11.2. The van der Waals surface area contributed by atoms with Gasteiger partial charge in [-0.3, -0.25) is 0 Å². The van der Waals surface area contributed by atoms with Crippen LogP contribution in [0.2, 0.25) is 0 Å². The minimum absolute atomic E-state index is 0.344. The summed E-state index contributed by atoms with van der Waals surface area (Å²) in [4.78, 5) is 0.907. The maximum Gasteiger partial charge on any atom is 0.389 e. The van der Waals surface area contributed by atoms with E-state index in [2.05, 4.69) is 18.9 Å². The number of rotatable bonds is 0. The molecule has 0 saturated heterocycles. The lowest BCUT2D eigenvalue weighted by Gasteiger charge is -2.05. The number of thiophene rings is 1. The third-order valence-electron chi connectivity index (χ3n) is 2.83. The van der Waals surface area contributed by atoms with Crippen LogP contribution in [0.1, 0.15) is 4.88 Å². The highest BCUT2D eigenvalue weighted by Crippen LogP contribution is 2.38. The molecule has 3 rings (SSSR count). The van der Waals surface area contributed by atoms with Crippen molar-refractivity contribution in [1.29, 1.82) is 0 Å². The summed E-state index contributed by atoms with van der Waals surface area (Å²) in [6.07, 6.45) is 0. The van der Waals surface area contributed by atoms with E-state index >= 15 is 0 Å². The number of nitrogens with zero attached hydrogens (tertiary/aromatic N) is 2. The van der Waals surface area contributed by atoms with Gasteiger partial charge in [0.2, 0.25) is 10.6 Å². The lowest BCUT2D eigenvalue weighted by Crippen LogP contribution is -2.29. The van der Waals surface area contributed by atoms with Gasteiger partial charge >= 0.3 is 12.6 Å². The number of benzene rings is 1. The van der Waals surface area contributed by atoms with E-state index in [0.29, 0.717) is 12.6 Å². The van der Waals surface area contributed by atoms with Crippen LogP contribution in [0.5, 0.6) is 0 Å². The van der Waals surface area contributed by atoms with Gasteiger partial charge in [-0.1, -0.05) is 12.1 Å². The Kier molecular flexibility index (Phi) is 1.88. The third kappa shape index (κ3) is 1.13. The van der Waals surface area contributed by atoms with Gasteiger partial charge < -0.3 is 5.11 Å². The topological polar surface area (TPSA) is 26.2 Å². The van der Waals surface area contributed by atoms with Crippen molar-refractivity contribution in [2.45, 2.75) is 0 Å². The second-order valence-corrected chi connectivity index (χ2v) is 5.03. The first-order valence-electron chi connectivity index (χ1n) is 5.05. The van der Waals surface area contributed by atoms with Crippen molar-refractivity contribution >= 4 is 39.7 Å². The van der Waals surface area contributed by atoms with E-state index in [1.54, 1.807) is 15.9 Å². The SMILES string of the molecule is C=[N+]1C[N+](C)=C(O)c2sc3ccccc3c21. The number of aliphatic hydroxyl groups is 1. The molecular weight excluding hydrogens is 220 g/mol. The largest absolute Gasteiger partial charge is 0.459 e. The molecule has 0 saturated carbocycles. The lowest BCUT2D eigenvalue weighted by atomic mass is 10.2. The van der Waals surface area contributed by atoms with E-state index in [0.717, 1.165) is 16.0 Å². The van der Waals surface area contributed by atoms with E-state index in [4.69, 9.17) is 0 Å². The van der Waals surface area contributed by atoms with Gasteiger partial charge in [-0.25, -0.2) is 0 Å². The highest BCUT2D eigenvalue weighted by atomic mass is 32.1. The lowest BCUT2D eigenvalue weighted by molar-refractivity contribution is -0.684. The Morgan fingerprint density at radius 3 is 2.94 bits per heavy atom. The van der Waals surface area contributed by atoms with E-state index < -0.39 is 0 Å². The van der Waals surface area contributed by atoms with Crippen molar-refractivity contribution in [2.75, 3.05) is 13.7 Å². The summed E-state index contributed by atoms with van der Waals surface area (Å²) in [6, 6.07) is 8.16. The van der Waals surface area contributed by atoms with Crippen LogP contribution in [0.15, 0.2) is 24.3 Å². The zero-order valence-electron chi connectivity index (χ0n) is 8.97. The molecule has 0 radical (unpaired) electrons. The minimum atomic E-state index is 0.344. The quantitative estimate of drug-likeness (QED) is 0.692. The Morgan fingerprint density at radius 2 is 2.12 bits per heavy atom. The molecule has 0 fully saturated rings. The monoisotopic (exact) mass is 232 g/mol. The third-order valence-corrected chi connectivity index (χ3v) is 3.99. The fourth-order valence-corrected chi connectivity index (χ4v) is 3.29. The first-order valence-corrected chi connectivity index (χ1v) is 5.87. The molecule has 2 aromatic rings. The average molecular weight is 232 g/mol. The first kappa shape index (κ1) is 9.54. The van der Waals surface area contributed by atoms with Gasteiger partial charge in [0.05, 0.1) is 5.39 Å². The van der Waals surface area contributed by atoms with Crippen molar-refractivity contribution < 1.29 is 14.3 Å². The molecule has 0 amide bonds. The highest BCUT2D eigenvalue weighted by molar-refractivity contribution is 7.21. The van der Waals surface area contributed by atoms with Crippen molar-refractivity contribution in [3.8, 4) is 0 Å². The highest BCUT2D eigenvalue weighted by Gasteiger charge is 2.35. The zero-order valence-corrected chi connectivity index (χ0v) is 9.79. The van der Waals surface area contributed by atoms with E-state index in [1.165, 1.54) is 4.70 Å². The Labute approximate surface area is 97.2 Å². The van der Waals surface area contributed by atoms with Gasteiger partial charge in [0, 0.05) is 4.70 Å². The van der Waals surface area contributed by atoms with Crippen molar-refractivity contribution in [1.82, 2.24) is 0 Å². The molecule has 0 aliphatic carbocycles. The van der Waals surface area contributed by atoms with E-state index in [1.807, 2.05) is 23.8 Å². The zero-order chi connectivity index (χ0) is 11.3. The fraction of sp³-hybridized carbons (Fsp3) is 0.167. The van der Waals surface area contributed by atoms with Crippen molar-refractivity contribution in [2.24, 2.45) is 0 Å². The standard InChI is InChI=1S/C12H11N2OS/c1-13-7-14(2)12(15)11-10(13)8-5-3-4-6-9(8)16-11/h3-6H,1,7H2,2H3/q+1/p+1. The van der Waals surface area contributed by atoms with Crippen LogP contribution < -0.4 is 0 Å². The molecule has 0 bridgehead atoms. The maximum atomic E-state index is 10.0. The predicted molar refractivity (Wildman–Crippen MR) is 66.7 cm³/mol. The Bertz CT molecular complexity index is 640. The summed E-state index contributed by atoms with van der Waals surface area (Å²) in [7, 11) is 1.86. The summed E-state index contributed by atoms with van der Waals surface area (Å²) in [6.45, 7) is 4.63. The van der Waals surface area contributed by atoms with Crippen molar-refractivity contribution in [3.63, 3.8) is 0 Å². The molecule has 0 spiro atoms. The molecule has 3 nitrogen and oxygen atoms in total. The molecule has 16 heavy (non-hydrogen) atoms. The van der Waals surface area contributed by atoms with Gasteiger partial charge in [-0.2, -0.15) is 0 Å². The van der Waals surface area contributed by atoms with Gasteiger partial charge in [0.25, 0.3) is 0 Å².